The minimum Gasteiger partial charge on any atom is -0.486 e. The Labute approximate surface area is 164 Å². The van der Waals surface area contributed by atoms with Gasteiger partial charge in [-0.1, -0.05) is 40.6 Å². The first-order valence-corrected chi connectivity index (χ1v) is 9.15. The Morgan fingerprint density at radius 1 is 1.19 bits per heavy atom. The van der Waals surface area contributed by atoms with Gasteiger partial charge < -0.3 is 10.1 Å². The number of urea groups is 1. The summed E-state index contributed by atoms with van der Waals surface area (Å²) in [6, 6.07) is 9.28. The number of ether oxygens (including phenoxy) is 1. The van der Waals surface area contributed by atoms with E-state index in [2.05, 4.69) is 20.8 Å². The fourth-order valence-electron chi connectivity index (χ4n) is 2.30. The van der Waals surface area contributed by atoms with E-state index >= 15 is 0 Å². The average Bonchev–Trinajstić information content (AvgIpc) is 3.04. The number of aryl methyl sites for hydroxylation is 2. The molecule has 0 aliphatic carbocycles. The fraction of sp³-hybridized carbons (Fsp3) is 0.167. The molecule has 0 spiro atoms. The van der Waals surface area contributed by atoms with Gasteiger partial charge in [-0.3, -0.25) is 5.32 Å². The number of rotatable bonds is 5. The van der Waals surface area contributed by atoms with E-state index in [1.54, 1.807) is 0 Å². The van der Waals surface area contributed by atoms with Gasteiger partial charge in [0.15, 0.2) is 5.01 Å². The van der Waals surface area contributed by atoms with E-state index in [0.29, 0.717) is 15.8 Å². The van der Waals surface area contributed by atoms with Crippen LogP contribution in [0.5, 0.6) is 5.75 Å². The number of amides is 2. The molecule has 1 heterocycles. The lowest BCUT2D eigenvalue weighted by molar-refractivity contribution is 0.262. The Hall–Kier alpha value is -2.71. The number of carbonyl (C=O) groups excluding carboxylic acids is 1. The first-order valence-electron chi connectivity index (χ1n) is 7.96. The molecule has 0 unspecified atom stereocenters. The highest BCUT2D eigenvalue weighted by Crippen LogP contribution is 2.23. The van der Waals surface area contributed by atoms with Crippen LogP contribution in [-0.2, 0) is 6.61 Å². The smallest absolute Gasteiger partial charge is 0.325 e. The van der Waals surface area contributed by atoms with Gasteiger partial charge in [-0.05, 0) is 43.7 Å². The number of hydrogen-bond donors (Lipinski definition) is 2. The molecule has 9 heteroatoms. The summed E-state index contributed by atoms with van der Waals surface area (Å²) < 4.78 is 18.9. The summed E-state index contributed by atoms with van der Waals surface area (Å²) in [5, 5.41) is 13.9. The summed E-state index contributed by atoms with van der Waals surface area (Å²) in [6.45, 7) is 4.24. The predicted molar refractivity (Wildman–Crippen MR) is 104 cm³/mol. The number of anilines is 2. The predicted octanol–water partition coefficient (Wildman–Crippen LogP) is 5.17. The van der Waals surface area contributed by atoms with Crippen molar-refractivity contribution in [2.24, 2.45) is 0 Å². The van der Waals surface area contributed by atoms with Crippen LogP contribution in [0.25, 0.3) is 0 Å². The molecule has 27 heavy (non-hydrogen) atoms. The lowest BCUT2D eigenvalue weighted by Gasteiger charge is -2.07. The van der Waals surface area contributed by atoms with Crippen molar-refractivity contribution in [2.75, 3.05) is 10.6 Å². The van der Waals surface area contributed by atoms with Crippen LogP contribution >= 0.6 is 22.9 Å². The van der Waals surface area contributed by atoms with E-state index in [9.17, 15) is 9.18 Å². The molecular formula is C18H16ClFN4O2S. The van der Waals surface area contributed by atoms with Gasteiger partial charge in [0.25, 0.3) is 0 Å². The Bertz CT molecular complexity index is 980. The van der Waals surface area contributed by atoms with Crippen LogP contribution < -0.4 is 15.4 Å². The van der Waals surface area contributed by atoms with Gasteiger partial charge in [-0.15, -0.1) is 10.2 Å². The van der Waals surface area contributed by atoms with Crippen LogP contribution in [0.15, 0.2) is 36.4 Å². The van der Waals surface area contributed by atoms with Crippen LogP contribution in [0, 0.1) is 19.7 Å². The van der Waals surface area contributed by atoms with Gasteiger partial charge in [0.05, 0.1) is 5.02 Å². The van der Waals surface area contributed by atoms with E-state index in [4.69, 9.17) is 16.3 Å². The molecule has 6 nitrogen and oxygen atoms in total. The zero-order valence-electron chi connectivity index (χ0n) is 14.5. The van der Waals surface area contributed by atoms with E-state index < -0.39 is 11.8 Å². The minimum absolute atomic E-state index is 0.0745. The summed E-state index contributed by atoms with van der Waals surface area (Å²) in [5.74, 6) is 0.219. The zero-order chi connectivity index (χ0) is 19.4. The Kier molecular flexibility index (Phi) is 5.88. The highest BCUT2D eigenvalue weighted by Gasteiger charge is 2.10. The van der Waals surface area contributed by atoms with Crippen molar-refractivity contribution in [3.05, 3.63) is 63.4 Å². The highest BCUT2D eigenvalue weighted by atomic mass is 35.5. The van der Waals surface area contributed by atoms with Crippen LogP contribution in [0.2, 0.25) is 5.02 Å². The first-order chi connectivity index (χ1) is 12.9. The molecule has 3 aromatic rings. The second-order valence-electron chi connectivity index (χ2n) is 5.77. The van der Waals surface area contributed by atoms with Crippen LogP contribution in [0.3, 0.4) is 0 Å². The Morgan fingerprint density at radius 3 is 2.74 bits per heavy atom. The first kappa shape index (κ1) is 19.1. The van der Waals surface area contributed by atoms with Crippen molar-refractivity contribution in [3.63, 3.8) is 0 Å². The van der Waals surface area contributed by atoms with Gasteiger partial charge in [0.1, 0.15) is 18.2 Å². The third-order valence-electron chi connectivity index (χ3n) is 3.55. The van der Waals surface area contributed by atoms with Crippen molar-refractivity contribution in [1.82, 2.24) is 10.2 Å². The lowest BCUT2D eigenvalue weighted by atomic mass is 10.1. The molecule has 140 valence electrons. The van der Waals surface area contributed by atoms with Gasteiger partial charge in [-0.25, -0.2) is 9.18 Å². The van der Waals surface area contributed by atoms with Gasteiger partial charge in [-0.2, -0.15) is 0 Å². The number of hydrogen-bond acceptors (Lipinski definition) is 5. The van der Waals surface area contributed by atoms with Gasteiger partial charge >= 0.3 is 6.03 Å². The second kappa shape index (κ2) is 8.32. The average molecular weight is 407 g/mol. The third-order valence-corrected chi connectivity index (χ3v) is 4.65. The van der Waals surface area contributed by atoms with E-state index in [1.807, 2.05) is 32.0 Å². The standard InChI is InChI=1S/C18H16ClFN4O2S/c1-10-3-6-15(11(2)7-10)26-9-16-23-24-18(27-16)22-17(25)21-12-4-5-14(20)13(19)8-12/h3-8H,9H2,1-2H3,(H2,21,22,24,25). The largest absolute Gasteiger partial charge is 0.486 e. The highest BCUT2D eigenvalue weighted by molar-refractivity contribution is 7.15. The fourth-order valence-corrected chi connectivity index (χ4v) is 3.13. The number of carbonyl (C=O) groups is 1. The molecule has 2 amide bonds. The van der Waals surface area contributed by atoms with Crippen molar-refractivity contribution in [3.8, 4) is 5.75 Å². The van der Waals surface area contributed by atoms with E-state index in [-0.39, 0.29) is 11.6 Å². The number of aromatic nitrogens is 2. The maximum absolute atomic E-state index is 13.1. The van der Waals surface area contributed by atoms with E-state index in [1.165, 1.54) is 29.5 Å². The summed E-state index contributed by atoms with van der Waals surface area (Å²) in [5.41, 5.74) is 2.56. The van der Waals surface area contributed by atoms with Crippen molar-refractivity contribution in [2.45, 2.75) is 20.5 Å². The minimum atomic E-state index is -0.555. The summed E-state index contributed by atoms with van der Waals surface area (Å²) in [6.07, 6.45) is 0. The molecule has 2 aromatic carbocycles. The SMILES string of the molecule is Cc1ccc(OCc2nnc(NC(=O)Nc3ccc(F)c(Cl)c3)s2)c(C)c1. The van der Waals surface area contributed by atoms with Crippen LogP contribution in [0.1, 0.15) is 16.1 Å². The monoisotopic (exact) mass is 406 g/mol. The molecule has 0 fully saturated rings. The zero-order valence-corrected chi connectivity index (χ0v) is 16.1. The lowest BCUT2D eigenvalue weighted by Crippen LogP contribution is -2.19. The maximum Gasteiger partial charge on any atom is 0.325 e. The van der Waals surface area contributed by atoms with Crippen molar-refractivity contribution < 1.29 is 13.9 Å². The van der Waals surface area contributed by atoms with Crippen LogP contribution in [0.4, 0.5) is 20.0 Å². The molecular weight excluding hydrogens is 391 g/mol. The molecule has 0 bridgehead atoms. The van der Waals surface area contributed by atoms with Crippen molar-refractivity contribution >= 4 is 39.8 Å². The van der Waals surface area contributed by atoms with Crippen molar-refractivity contribution in [1.29, 1.82) is 0 Å². The molecule has 0 radical (unpaired) electrons. The number of nitrogens with zero attached hydrogens (tertiary/aromatic N) is 2. The molecule has 0 saturated heterocycles. The molecule has 1 aromatic heterocycles. The number of nitrogens with one attached hydrogen (secondary N) is 2. The molecule has 0 aliphatic rings. The second-order valence-corrected chi connectivity index (χ2v) is 7.24. The van der Waals surface area contributed by atoms with Gasteiger partial charge in [0, 0.05) is 5.69 Å². The topological polar surface area (TPSA) is 76.1 Å². The Balaban J connectivity index is 1.55. The molecule has 0 saturated carbocycles. The maximum atomic E-state index is 13.1. The molecule has 0 aliphatic heterocycles. The summed E-state index contributed by atoms with van der Waals surface area (Å²) in [4.78, 5) is 12.0. The van der Waals surface area contributed by atoms with E-state index in [0.717, 1.165) is 16.9 Å². The van der Waals surface area contributed by atoms with Crippen LogP contribution in [-0.4, -0.2) is 16.2 Å². The normalized spacial score (nSPS) is 10.5. The number of benzene rings is 2. The summed E-state index contributed by atoms with van der Waals surface area (Å²) >= 11 is 6.89. The summed E-state index contributed by atoms with van der Waals surface area (Å²) in [7, 11) is 0. The Morgan fingerprint density at radius 2 is 2.00 bits per heavy atom. The third kappa shape index (κ3) is 5.15. The molecule has 0 atom stereocenters. The quantitative estimate of drug-likeness (QED) is 0.612. The van der Waals surface area contributed by atoms with Gasteiger partial charge in [0.2, 0.25) is 5.13 Å². The molecule has 3 rings (SSSR count). The number of halogens is 2. The molecule has 2 N–H and O–H groups in total.